The molecule has 0 heterocycles. The van der Waals surface area contributed by atoms with E-state index in [9.17, 15) is 9.70 Å². The van der Waals surface area contributed by atoms with E-state index in [1.54, 1.807) is 0 Å². The molecule has 0 saturated carbocycles. The molecule has 0 amide bonds. The SMILES string of the molecule is C[N+](C)(C)CC(CC=O)O[N+](=O)O. The summed E-state index contributed by atoms with van der Waals surface area (Å²) < 4.78 is 0.548. The largest absolute Gasteiger partial charge is 0.475 e. The molecule has 0 bridgehead atoms. The Hall–Kier alpha value is -1.17. The summed E-state index contributed by atoms with van der Waals surface area (Å²) in [4.78, 5) is 24.8. The zero-order valence-corrected chi connectivity index (χ0v) is 8.14. The molecule has 13 heavy (non-hydrogen) atoms. The molecule has 76 valence electrons. The molecule has 0 saturated heterocycles. The second-order valence-electron chi connectivity index (χ2n) is 3.84. The predicted octanol–water partition coefficient (Wildman–Crippen LogP) is -0.250. The van der Waals surface area contributed by atoms with Crippen LogP contribution >= 0.6 is 0 Å². The number of hydrogen-bond acceptors (Lipinski definition) is 3. The lowest BCUT2D eigenvalue weighted by atomic mass is 10.2. The van der Waals surface area contributed by atoms with E-state index in [0.717, 1.165) is 0 Å². The molecule has 0 aromatic heterocycles. The van der Waals surface area contributed by atoms with Gasteiger partial charge < -0.3 is 9.28 Å². The van der Waals surface area contributed by atoms with E-state index in [4.69, 9.17) is 5.21 Å². The fourth-order valence-corrected chi connectivity index (χ4v) is 0.997. The van der Waals surface area contributed by atoms with E-state index in [1.807, 2.05) is 21.1 Å². The first kappa shape index (κ1) is 11.8. The molecule has 0 aliphatic carbocycles. The van der Waals surface area contributed by atoms with E-state index in [-0.39, 0.29) is 6.42 Å². The van der Waals surface area contributed by atoms with Crippen molar-refractivity contribution in [3.8, 4) is 0 Å². The smallest absolute Gasteiger partial charge is 0.328 e. The summed E-state index contributed by atoms with van der Waals surface area (Å²) in [6.45, 7) is 0.470. The highest BCUT2D eigenvalue weighted by atomic mass is 17.0. The van der Waals surface area contributed by atoms with Crippen molar-refractivity contribution < 1.29 is 24.4 Å². The third kappa shape index (κ3) is 7.20. The fraction of sp³-hybridized carbons (Fsp3) is 0.857. The lowest BCUT2D eigenvalue weighted by Gasteiger charge is -2.25. The number of aldehydes is 1. The van der Waals surface area contributed by atoms with Crippen molar-refractivity contribution in [2.24, 2.45) is 0 Å². The molecule has 6 heteroatoms. The molecule has 0 rings (SSSR count). The van der Waals surface area contributed by atoms with Crippen LogP contribution in [0.1, 0.15) is 6.42 Å². The average molecular weight is 192 g/mol. The standard InChI is InChI=1S/C7H16N2O4/c1-9(2,3)6-7(4-5-10)13-8(11)12/h5,7H,4,6H2,1-3H3,(H,11,12)/q+2. The Balaban J connectivity index is 4.09. The van der Waals surface area contributed by atoms with Crippen molar-refractivity contribution >= 4 is 6.29 Å². The van der Waals surface area contributed by atoms with Crippen molar-refractivity contribution in [3.63, 3.8) is 0 Å². The first-order chi connectivity index (χ1) is 5.85. The van der Waals surface area contributed by atoms with Crippen LogP contribution in [-0.2, 0) is 9.63 Å². The van der Waals surface area contributed by atoms with E-state index in [2.05, 4.69) is 4.84 Å². The number of rotatable bonds is 6. The van der Waals surface area contributed by atoms with Crippen molar-refractivity contribution in [1.29, 1.82) is 0 Å². The minimum absolute atomic E-state index is 0.0921. The molecule has 0 radical (unpaired) electrons. The van der Waals surface area contributed by atoms with Crippen molar-refractivity contribution in [1.82, 2.24) is 0 Å². The molecular formula is C7H16N2O4+2. The number of quaternary nitrogens is 1. The summed E-state index contributed by atoms with van der Waals surface area (Å²) >= 11 is 0. The van der Waals surface area contributed by atoms with Crippen LogP contribution in [0.3, 0.4) is 0 Å². The van der Waals surface area contributed by atoms with Crippen LogP contribution in [0, 0.1) is 4.91 Å². The molecule has 0 aliphatic rings. The Morgan fingerprint density at radius 2 is 2.08 bits per heavy atom. The monoisotopic (exact) mass is 192 g/mol. The molecular weight excluding hydrogens is 176 g/mol. The molecule has 1 unspecified atom stereocenters. The van der Waals surface area contributed by atoms with Crippen LogP contribution in [0.2, 0.25) is 0 Å². The van der Waals surface area contributed by atoms with Crippen molar-refractivity contribution in [2.75, 3.05) is 27.7 Å². The Labute approximate surface area is 76.8 Å². The average Bonchev–Trinajstić information content (AvgIpc) is 1.81. The molecule has 0 aromatic rings. The maximum atomic E-state index is 10.2. The molecule has 1 atom stereocenters. The second-order valence-corrected chi connectivity index (χ2v) is 3.84. The number of carbonyl (C=O) groups excluding carboxylic acids is 1. The van der Waals surface area contributed by atoms with Crippen molar-refractivity contribution in [3.05, 3.63) is 4.91 Å². The highest BCUT2D eigenvalue weighted by Gasteiger charge is 2.26. The highest BCUT2D eigenvalue weighted by molar-refractivity contribution is 5.50. The van der Waals surface area contributed by atoms with E-state index < -0.39 is 11.2 Å². The molecule has 6 nitrogen and oxygen atoms in total. The number of nitrogens with zero attached hydrogens (tertiary/aromatic N) is 2. The van der Waals surface area contributed by atoms with Gasteiger partial charge in [-0.1, -0.05) is 0 Å². The maximum absolute atomic E-state index is 10.2. The van der Waals surface area contributed by atoms with Gasteiger partial charge in [0.15, 0.2) is 0 Å². The van der Waals surface area contributed by atoms with Crippen LogP contribution in [0.4, 0.5) is 0 Å². The summed E-state index contributed by atoms with van der Waals surface area (Å²) in [5.41, 5.74) is 0. The van der Waals surface area contributed by atoms with Gasteiger partial charge in [-0.2, -0.15) is 4.84 Å². The number of hydrogen-bond donors (Lipinski definition) is 1. The van der Waals surface area contributed by atoms with Gasteiger partial charge in [0, 0.05) is 0 Å². The van der Waals surface area contributed by atoms with Crippen LogP contribution in [0.15, 0.2) is 0 Å². The molecule has 0 aliphatic heterocycles. The van der Waals surface area contributed by atoms with Gasteiger partial charge in [-0.25, -0.2) is 5.21 Å². The number of likely N-dealkylation sites (N-methyl/N-ethyl adjacent to an activating group) is 1. The van der Waals surface area contributed by atoms with E-state index in [0.29, 0.717) is 17.3 Å². The van der Waals surface area contributed by atoms with Gasteiger partial charge in [-0.15, -0.1) is 0 Å². The maximum Gasteiger partial charge on any atom is 0.475 e. The molecule has 0 spiro atoms. The molecule has 0 aromatic carbocycles. The van der Waals surface area contributed by atoms with Gasteiger partial charge >= 0.3 is 5.09 Å². The van der Waals surface area contributed by atoms with Gasteiger partial charge in [0.1, 0.15) is 17.7 Å². The summed E-state index contributed by atoms with van der Waals surface area (Å²) in [7, 11) is 5.69. The lowest BCUT2D eigenvalue weighted by molar-refractivity contribution is -0.989. The van der Waals surface area contributed by atoms with Crippen LogP contribution in [0.5, 0.6) is 0 Å². The Bertz CT molecular complexity index is 187. The predicted molar refractivity (Wildman–Crippen MR) is 43.9 cm³/mol. The van der Waals surface area contributed by atoms with Crippen LogP contribution in [0.25, 0.3) is 0 Å². The summed E-state index contributed by atoms with van der Waals surface area (Å²) in [5, 5.41) is 7.67. The number of carbonyl (C=O) groups is 1. The second kappa shape index (κ2) is 4.76. The van der Waals surface area contributed by atoms with Gasteiger partial charge in [0.2, 0.25) is 6.10 Å². The summed E-state index contributed by atoms with van der Waals surface area (Å²) in [5.74, 6) is 0. The molecule has 1 N–H and O–H groups in total. The topological polar surface area (TPSA) is 66.6 Å². The normalized spacial score (nSPS) is 13.5. The summed E-state index contributed by atoms with van der Waals surface area (Å²) in [6, 6.07) is 0. The minimum atomic E-state index is -0.607. The van der Waals surface area contributed by atoms with E-state index in [1.165, 1.54) is 0 Å². The first-order valence-electron chi connectivity index (χ1n) is 3.92. The fourth-order valence-electron chi connectivity index (χ4n) is 0.997. The quantitative estimate of drug-likeness (QED) is 0.358. The first-order valence-corrected chi connectivity index (χ1v) is 3.92. The van der Waals surface area contributed by atoms with Gasteiger partial charge in [-0.05, 0) is 0 Å². The highest BCUT2D eigenvalue weighted by Crippen LogP contribution is 2.02. The Morgan fingerprint density at radius 3 is 2.38 bits per heavy atom. The van der Waals surface area contributed by atoms with Crippen molar-refractivity contribution in [2.45, 2.75) is 12.5 Å². The lowest BCUT2D eigenvalue weighted by Crippen LogP contribution is -2.43. The zero-order chi connectivity index (χ0) is 10.5. The van der Waals surface area contributed by atoms with Crippen LogP contribution < -0.4 is 0 Å². The minimum Gasteiger partial charge on any atom is -0.328 e. The van der Waals surface area contributed by atoms with E-state index >= 15 is 0 Å². The molecule has 0 fully saturated rings. The Morgan fingerprint density at radius 1 is 1.54 bits per heavy atom. The zero-order valence-electron chi connectivity index (χ0n) is 8.14. The van der Waals surface area contributed by atoms with Gasteiger partial charge in [-0.3, -0.25) is 0 Å². The summed E-state index contributed by atoms with van der Waals surface area (Å²) in [6.07, 6.45) is 0.165. The Kier molecular flexibility index (Phi) is 4.33. The third-order valence-corrected chi connectivity index (χ3v) is 1.35. The van der Waals surface area contributed by atoms with Crippen LogP contribution in [-0.4, -0.2) is 54.9 Å². The van der Waals surface area contributed by atoms with Gasteiger partial charge in [0.05, 0.1) is 27.6 Å². The van der Waals surface area contributed by atoms with Gasteiger partial charge in [0.25, 0.3) is 0 Å². The third-order valence-electron chi connectivity index (χ3n) is 1.35.